The van der Waals surface area contributed by atoms with E-state index in [2.05, 4.69) is 20.6 Å². The number of hydrogen-bond donors (Lipinski definition) is 2. The molecule has 2 amide bonds. The van der Waals surface area contributed by atoms with Crippen LogP contribution in [-0.2, 0) is 4.79 Å². The average molecular weight is 332 g/mol. The number of benzene rings is 1. The number of hydrogen-bond acceptors (Lipinski definition) is 4. The molecular formula is C17H21FN4O2. The van der Waals surface area contributed by atoms with E-state index in [0.717, 1.165) is 12.5 Å². The zero-order valence-corrected chi connectivity index (χ0v) is 14.2. The van der Waals surface area contributed by atoms with Crippen molar-refractivity contribution in [3.8, 4) is 0 Å². The number of rotatable bonds is 5. The molecule has 0 radical (unpaired) electrons. The average Bonchev–Trinajstić information content (AvgIpc) is 2.53. The first-order valence-electron chi connectivity index (χ1n) is 7.86. The maximum absolute atomic E-state index is 13.8. The van der Waals surface area contributed by atoms with Gasteiger partial charge in [-0.15, -0.1) is 0 Å². The summed E-state index contributed by atoms with van der Waals surface area (Å²) >= 11 is 0. The van der Waals surface area contributed by atoms with Crippen LogP contribution in [0.25, 0.3) is 11.0 Å². The monoisotopic (exact) mass is 332 g/mol. The molecule has 7 heteroatoms. The summed E-state index contributed by atoms with van der Waals surface area (Å²) in [6.07, 6.45) is 0.801. The molecule has 1 aromatic carbocycles. The van der Waals surface area contributed by atoms with Crippen LogP contribution in [0.3, 0.4) is 0 Å². The van der Waals surface area contributed by atoms with Gasteiger partial charge in [0.1, 0.15) is 17.4 Å². The van der Waals surface area contributed by atoms with Gasteiger partial charge in [0.05, 0.1) is 22.5 Å². The molecule has 0 saturated carbocycles. The molecule has 0 aliphatic rings. The quantitative estimate of drug-likeness (QED) is 0.877. The Morgan fingerprint density at radius 3 is 2.54 bits per heavy atom. The van der Waals surface area contributed by atoms with Gasteiger partial charge in [0, 0.05) is 12.6 Å². The molecule has 24 heavy (non-hydrogen) atoms. The van der Waals surface area contributed by atoms with E-state index < -0.39 is 17.8 Å². The minimum atomic E-state index is -0.734. The molecule has 0 aliphatic carbocycles. The van der Waals surface area contributed by atoms with Crippen LogP contribution in [-0.4, -0.2) is 34.4 Å². The number of aryl methyl sites for hydroxylation is 2. The zero-order valence-electron chi connectivity index (χ0n) is 14.2. The van der Waals surface area contributed by atoms with E-state index in [-0.39, 0.29) is 11.5 Å². The lowest BCUT2D eigenvalue weighted by Crippen LogP contribution is -2.45. The van der Waals surface area contributed by atoms with Gasteiger partial charge in [-0.25, -0.2) is 14.4 Å². The molecule has 0 unspecified atom stereocenters. The smallest absolute Gasteiger partial charge is 0.254 e. The zero-order chi connectivity index (χ0) is 17.9. The molecule has 1 aromatic heterocycles. The molecule has 128 valence electrons. The Morgan fingerprint density at radius 1 is 1.21 bits per heavy atom. The van der Waals surface area contributed by atoms with Crippen LogP contribution in [0.2, 0.25) is 0 Å². The first-order chi connectivity index (χ1) is 11.3. The van der Waals surface area contributed by atoms with E-state index in [0.29, 0.717) is 29.0 Å². The van der Waals surface area contributed by atoms with Gasteiger partial charge in [-0.05, 0) is 33.3 Å². The maximum Gasteiger partial charge on any atom is 0.254 e. The molecule has 1 atom stereocenters. The van der Waals surface area contributed by atoms with Crippen LogP contribution >= 0.6 is 0 Å². The summed E-state index contributed by atoms with van der Waals surface area (Å²) in [5.41, 5.74) is 2.03. The minimum Gasteiger partial charge on any atom is -0.354 e. The summed E-state index contributed by atoms with van der Waals surface area (Å²) in [4.78, 5) is 33.0. The highest BCUT2D eigenvalue weighted by Crippen LogP contribution is 2.19. The van der Waals surface area contributed by atoms with Gasteiger partial charge in [0.2, 0.25) is 5.91 Å². The second kappa shape index (κ2) is 7.33. The van der Waals surface area contributed by atoms with Gasteiger partial charge in [0.25, 0.3) is 5.91 Å². The standard InChI is InChI=1S/C17H21FN4O2/c1-5-6-19-16(23)11(4)22-17(24)13-7-12(18)8-14-15(13)21-10(3)9(2)20-14/h7-8,11H,5-6H2,1-4H3,(H,19,23)(H,22,24)/t11-/m1/s1. The van der Waals surface area contributed by atoms with Gasteiger partial charge >= 0.3 is 0 Å². The Morgan fingerprint density at radius 2 is 1.88 bits per heavy atom. The predicted molar refractivity (Wildman–Crippen MR) is 89.2 cm³/mol. The summed E-state index contributed by atoms with van der Waals surface area (Å²) in [6.45, 7) is 7.59. The third-order valence-electron chi connectivity index (χ3n) is 3.68. The lowest BCUT2D eigenvalue weighted by Gasteiger charge is -2.15. The van der Waals surface area contributed by atoms with Gasteiger partial charge in [-0.3, -0.25) is 9.59 Å². The van der Waals surface area contributed by atoms with Crippen LogP contribution < -0.4 is 10.6 Å². The molecule has 6 nitrogen and oxygen atoms in total. The van der Waals surface area contributed by atoms with Crippen LogP contribution in [0.4, 0.5) is 4.39 Å². The number of nitrogens with one attached hydrogen (secondary N) is 2. The number of halogens is 1. The molecule has 2 aromatic rings. The highest BCUT2D eigenvalue weighted by molar-refractivity contribution is 6.06. The van der Waals surface area contributed by atoms with E-state index in [1.807, 2.05) is 6.92 Å². The number of amides is 2. The molecule has 0 bridgehead atoms. The second-order valence-corrected chi connectivity index (χ2v) is 5.70. The Labute approximate surface area is 139 Å². The van der Waals surface area contributed by atoms with Crippen LogP contribution in [0.15, 0.2) is 12.1 Å². The van der Waals surface area contributed by atoms with Crippen molar-refractivity contribution in [2.24, 2.45) is 0 Å². The van der Waals surface area contributed by atoms with Gasteiger partial charge < -0.3 is 10.6 Å². The molecule has 0 aliphatic heterocycles. The number of carbonyl (C=O) groups excluding carboxylic acids is 2. The highest BCUT2D eigenvalue weighted by atomic mass is 19.1. The first kappa shape index (κ1) is 17.8. The number of fused-ring (bicyclic) bond motifs is 1. The molecule has 1 heterocycles. The third-order valence-corrected chi connectivity index (χ3v) is 3.68. The van der Waals surface area contributed by atoms with Crippen molar-refractivity contribution in [2.45, 2.75) is 40.2 Å². The molecule has 2 N–H and O–H groups in total. The van der Waals surface area contributed by atoms with E-state index in [4.69, 9.17) is 0 Å². The summed E-state index contributed by atoms with van der Waals surface area (Å²) in [5, 5.41) is 5.27. The Bertz CT molecular complexity index is 792. The predicted octanol–water partition coefficient (Wildman–Crippen LogP) is 2.03. The largest absolute Gasteiger partial charge is 0.354 e. The lowest BCUT2D eigenvalue weighted by atomic mass is 10.1. The minimum absolute atomic E-state index is 0.0655. The van der Waals surface area contributed by atoms with Crippen molar-refractivity contribution in [1.82, 2.24) is 20.6 Å². The molecular weight excluding hydrogens is 311 g/mol. The topological polar surface area (TPSA) is 84.0 Å². The van der Waals surface area contributed by atoms with Gasteiger partial charge in [0.15, 0.2) is 0 Å². The summed E-state index contributed by atoms with van der Waals surface area (Å²) in [5.74, 6) is -1.42. The molecule has 2 rings (SSSR count). The van der Waals surface area contributed by atoms with E-state index in [9.17, 15) is 14.0 Å². The fraction of sp³-hybridized carbons (Fsp3) is 0.412. The highest BCUT2D eigenvalue weighted by Gasteiger charge is 2.20. The van der Waals surface area contributed by atoms with Crippen LogP contribution in [0, 0.1) is 19.7 Å². The fourth-order valence-corrected chi connectivity index (χ4v) is 2.21. The van der Waals surface area contributed by atoms with Crippen molar-refractivity contribution < 1.29 is 14.0 Å². The number of nitrogens with zero attached hydrogens (tertiary/aromatic N) is 2. The van der Waals surface area contributed by atoms with Crippen molar-refractivity contribution in [3.63, 3.8) is 0 Å². The van der Waals surface area contributed by atoms with E-state index in [1.165, 1.54) is 6.07 Å². The summed E-state index contributed by atoms with van der Waals surface area (Å²) in [7, 11) is 0. The molecule has 0 fully saturated rings. The Hall–Kier alpha value is -2.57. The Balaban J connectivity index is 2.32. The second-order valence-electron chi connectivity index (χ2n) is 5.70. The lowest BCUT2D eigenvalue weighted by molar-refractivity contribution is -0.122. The van der Waals surface area contributed by atoms with Gasteiger partial charge in [-0.1, -0.05) is 6.92 Å². The third kappa shape index (κ3) is 3.84. The normalized spacial score (nSPS) is 12.0. The fourth-order valence-electron chi connectivity index (χ4n) is 2.21. The van der Waals surface area contributed by atoms with E-state index in [1.54, 1.807) is 20.8 Å². The molecule has 0 saturated heterocycles. The Kier molecular flexibility index (Phi) is 5.43. The maximum atomic E-state index is 13.8. The first-order valence-corrected chi connectivity index (χ1v) is 7.86. The van der Waals surface area contributed by atoms with Crippen molar-refractivity contribution >= 4 is 22.8 Å². The summed E-state index contributed by atoms with van der Waals surface area (Å²) in [6, 6.07) is 1.61. The van der Waals surface area contributed by atoms with Crippen molar-refractivity contribution in [2.75, 3.05) is 6.54 Å². The van der Waals surface area contributed by atoms with Crippen LogP contribution in [0.5, 0.6) is 0 Å². The van der Waals surface area contributed by atoms with Gasteiger partial charge in [-0.2, -0.15) is 0 Å². The number of aromatic nitrogens is 2. The van der Waals surface area contributed by atoms with E-state index >= 15 is 0 Å². The number of carbonyl (C=O) groups is 2. The van der Waals surface area contributed by atoms with Crippen molar-refractivity contribution in [1.29, 1.82) is 0 Å². The molecule has 0 spiro atoms. The van der Waals surface area contributed by atoms with Crippen LogP contribution in [0.1, 0.15) is 42.0 Å². The summed E-state index contributed by atoms with van der Waals surface area (Å²) < 4.78 is 13.8. The SMILES string of the molecule is CCCNC(=O)[C@@H](C)NC(=O)c1cc(F)cc2nc(C)c(C)nc12. The van der Waals surface area contributed by atoms with Crippen molar-refractivity contribution in [3.05, 3.63) is 34.9 Å².